The molecule has 15 heteroatoms. The van der Waals surface area contributed by atoms with Gasteiger partial charge in [0.1, 0.15) is 22.0 Å². The summed E-state index contributed by atoms with van der Waals surface area (Å²) in [5.41, 5.74) is -0.0147. The molecule has 1 saturated heterocycles. The number of imide groups is 1. The molecule has 0 radical (unpaired) electrons. The van der Waals surface area contributed by atoms with Gasteiger partial charge >= 0.3 is 0 Å². The molecule has 2 aromatic rings. The Balaban J connectivity index is 1.61. The number of halogens is 8. The third-order valence-electron chi connectivity index (χ3n) is 7.21. The summed E-state index contributed by atoms with van der Waals surface area (Å²) in [6.07, 6.45) is 0. The molecular weight excluding hydrogens is 692 g/mol. The highest BCUT2D eigenvalue weighted by Gasteiger charge is 2.88. The maximum atomic E-state index is 14.0. The van der Waals surface area contributed by atoms with Gasteiger partial charge in [-0.3, -0.25) is 19.2 Å². The van der Waals surface area contributed by atoms with Gasteiger partial charge in [-0.25, -0.2) is 5.01 Å². The highest BCUT2D eigenvalue weighted by molar-refractivity contribution is 6.66. The van der Waals surface area contributed by atoms with Gasteiger partial charge in [-0.1, -0.05) is 81.7 Å². The van der Waals surface area contributed by atoms with Gasteiger partial charge in [0, 0.05) is 10.6 Å². The molecule has 1 aliphatic heterocycles. The van der Waals surface area contributed by atoms with E-state index in [0.717, 1.165) is 0 Å². The second kappa shape index (κ2) is 10.1. The first-order valence-electron chi connectivity index (χ1n) is 11.3. The fourth-order valence-corrected chi connectivity index (χ4v) is 8.70. The van der Waals surface area contributed by atoms with Crippen molar-refractivity contribution in [3.63, 3.8) is 0 Å². The number of hydrazine groups is 1. The number of rotatable bonds is 6. The lowest BCUT2D eigenvalue weighted by molar-refractivity contribution is -0.154. The maximum Gasteiger partial charge on any atom is 0.274 e. The summed E-state index contributed by atoms with van der Waals surface area (Å²) in [4.78, 5) is 50.9. The molecule has 2 aliphatic carbocycles. The molecule has 0 spiro atoms. The van der Waals surface area contributed by atoms with Crippen LogP contribution in [0.15, 0.2) is 52.5 Å². The van der Waals surface area contributed by atoms with Crippen LogP contribution in [0, 0.1) is 11.8 Å². The molecule has 3 aliphatic rings. The summed E-state index contributed by atoms with van der Waals surface area (Å²) in [7, 11) is 1.42. The quantitative estimate of drug-likeness (QED) is 0.190. The zero-order chi connectivity index (χ0) is 29.5. The normalized spacial score (nSPS) is 28.3. The summed E-state index contributed by atoms with van der Waals surface area (Å²) >= 11 is 51.7. The van der Waals surface area contributed by atoms with Crippen LogP contribution in [0.5, 0.6) is 5.75 Å². The van der Waals surface area contributed by atoms with Crippen LogP contribution in [0.2, 0.25) is 10.0 Å². The average molecular weight is 706 g/mol. The van der Waals surface area contributed by atoms with Crippen molar-refractivity contribution in [1.82, 2.24) is 10.0 Å². The van der Waals surface area contributed by atoms with Crippen LogP contribution in [0.3, 0.4) is 0 Å². The van der Waals surface area contributed by atoms with Gasteiger partial charge in [-0.2, -0.15) is 5.01 Å². The zero-order valence-corrected chi connectivity index (χ0v) is 25.9. The van der Waals surface area contributed by atoms with E-state index < -0.39 is 56.0 Å². The van der Waals surface area contributed by atoms with Crippen LogP contribution in [0.1, 0.15) is 20.7 Å². The number of carbonyl (C=O) groups excluding carboxylic acids is 4. The molecule has 210 valence electrons. The minimum Gasteiger partial charge on any atom is -0.497 e. The Morgan fingerprint density at radius 3 is 2.00 bits per heavy atom. The predicted octanol–water partition coefficient (Wildman–Crippen LogP) is 6.69. The van der Waals surface area contributed by atoms with E-state index in [1.807, 2.05) is 0 Å². The van der Waals surface area contributed by atoms with Crippen molar-refractivity contribution >= 4 is 116 Å². The molecule has 3 amide bonds. The molecule has 40 heavy (non-hydrogen) atoms. The van der Waals surface area contributed by atoms with Crippen molar-refractivity contribution in [2.45, 2.75) is 14.1 Å². The number of amides is 3. The second-order valence-corrected chi connectivity index (χ2v) is 13.3. The second-order valence-electron chi connectivity index (χ2n) is 9.21. The lowest BCUT2D eigenvalue weighted by Gasteiger charge is -2.36. The monoisotopic (exact) mass is 702 g/mol. The molecule has 5 rings (SSSR count). The first kappa shape index (κ1) is 30.1. The van der Waals surface area contributed by atoms with E-state index in [1.165, 1.54) is 37.4 Å². The van der Waals surface area contributed by atoms with E-state index in [9.17, 15) is 19.2 Å². The number of Topliss-reactive ketones (excluding diaryl/α,β-unsaturated/α-hetero) is 1. The van der Waals surface area contributed by atoms with Crippen LogP contribution in [-0.4, -0.2) is 61.3 Å². The Kier molecular flexibility index (Phi) is 7.58. The molecule has 0 N–H and O–H groups in total. The van der Waals surface area contributed by atoms with Crippen LogP contribution >= 0.6 is 92.8 Å². The Morgan fingerprint density at radius 1 is 0.900 bits per heavy atom. The number of carbonyl (C=O) groups is 4. The zero-order valence-electron chi connectivity index (χ0n) is 19.9. The summed E-state index contributed by atoms with van der Waals surface area (Å²) in [5, 5.41) is 0.691. The largest absolute Gasteiger partial charge is 0.497 e. The number of benzene rings is 2. The lowest BCUT2D eigenvalue weighted by Crippen LogP contribution is -2.56. The van der Waals surface area contributed by atoms with E-state index in [1.54, 1.807) is 12.1 Å². The topological polar surface area (TPSA) is 84.0 Å². The van der Waals surface area contributed by atoms with Gasteiger partial charge in [0.15, 0.2) is 10.1 Å². The standard InChI is InChI=1S/C25H14Cl8N2O5/c1-40-12-4-2-3-10(7-12)15(36)9-34(20(37)13-6-5-11(26)8-14(13)27)35-21(38)16-17(22(35)39)24(31)19(29)18(28)23(16,30)25(24,32)33/h2-8,16-17H,9H2,1H3/t16-,17-,23+,24+/m0/s1. The number of hydrogen-bond donors (Lipinski definition) is 0. The summed E-state index contributed by atoms with van der Waals surface area (Å²) in [5.74, 6) is -6.31. The van der Waals surface area contributed by atoms with Crippen molar-refractivity contribution in [1.29, 1.82) is 0 Å². The van der Waals surface area contributed by atoms with Gasteiger partial charge in [0.05, 0.1) is 39.6 Å². The van der Waals surface area contributed by atoms with Crippen LogP contribution in [-0.2, 0) is 9.59 Å². The lowest BCUT2D eigenvalue weighted by atomic mass is 9.84. The SMILES string of the molecule is COc1cccc(C(=O)CN(C(=O)c2ccc(Cl)cc2Cl)N2C(=O)[C@@H]3[C@@H](C2=O)[C@@]2(Cl)C(Cl)=C(Cl)[C@@]3(Cl)C2(Cl)Cl)c1. The summed E-state index contributed by atoms with van der Waals surface area (Å²) in [6.45, 7) is -0.770. The van der Waals surface area contributed by atoms with E-state index in [0.29, 0.717) is 15.8 Å². The van der Waals surface area contributed by atoms with Gasteiger partial charge in [0.25, 0.3) is 17.7 Å². The average Bonchev–Trinajstić information content (AvgIpc) is 3.30. The van der Waals surface area contributed by atoms with Gasteiger partial charge in [0.2, 0.25) is 0 Å². The first-order chi connectivity index (χ1) is 18.6. The third-order valence-corrected chi connectivity index (χ3v) is 12.0. The van der Waals surface area contributed by atoms with Crippen LogP contribution in [0.4, 0.5) is 0 Å². The first-order valence-corrected chi connectivity index (χ1v) is 14.3. The number of hydrogen-bond acceptors (Lipinski definition) is 5. The maximum absolute atomic E-state index is 14.0. The Morgan fingerprint density at radius 2 is 1.48 bits per heavy atom. The highest BCUT2D eigenvalue weighted by atomic mass is 35.5. The van der Waals surface area contributed by atoms with Gasteiger partial charge in [-0.05, 0) is 30.3 Å². The highest BCUT2D eigenvalue weighted by Crippen LogP contribution is 2.77. The van der Waals surface area contributed by atoms with Crippen molar-refractivity contribution in [2.24, 2.45) is 11.8 Å². The molecule has 1 saturated carbocycles. The molecule has 2 bridgehead atoms. The number of ketones is 1. The predicted molar refractivity (Wildman–Crippen MR) is 154 cm³/mol. The number of alkyl halides is 4. The summed E-state index contributed by atoms with van der Waals surface area (Å²) in [6, 6.07) is 10.0. The van der Waals surface area contributed by atoms with Gasteiger partial charge in [-0.15, -0.1) is 23.2 Å². The van der Waals surface area contributed by atoms with Crippen molar-refractivity contribution in [2.75, 3.05) is 13.7 Å². The Labute approximate surface area is 267 Å². The molecule has 2 aromatic carbocycles. The van der Waals surface area contributed by atoms with E-state index in [2.05, 4.69) is 0 Å². The Hall–Kier alpha value is -1.42. The minimum atomic E-state index is -2.17. The molecular formula is C25H14Cl8N2O5. The number of fused-ring (bicyclic) bond motifs is 5. The molecule has 2 fully saturated rings. The fourth-order valence-electron chi connectivity index (χ4n) is 5.28. The Bertz CT molecular complexity index is 1500. The molecule has 0 unspecified atom stereocenters. The number of nitrogens with zero attached hydrogens (tertiary/aromatic N) is 2. The number of ether oxygens (including phenoxy) is 1. The smallest absolute Gasteiger partial charge is 0.274 e. The molecule has 0 aromatic heterocycles. The van der Waals surface area contributed by atoms with Crippen LogP contribution in [0.25, 0.3) is 0 Å². The van der Waals surface area contributed by atoms with Crippen LogP contribution < -0.4 is 4.74 Å². The number of allylic oxidation sites excluding steroid dienone is 2. The molecule has 4 atom stereocenters. The van der Waals surface area contributed by atoms with E-state index >= 15 is 0 Å². The third kappa shape index (κ3) is 3.86. The van der Waals surface area contributed by atoms with Gasteiger partial charge < -0.3 is 4.74 Å². The fraction of sp³-hybridized carbons (Fsp3) is 0.280. The number of methoxy groups -OCH3 is 1. The van der Waals surface area contributed by atoms with Crippen molar-refractivity contribution < 1.29 is 23.9 Å². The summed E-state index contributed by atoms with van der Waals surface area (Å²) < 4.78 is 2.99. The van der Waals surface area contributed by atoms with E-state index in [4.69, 9.17) is 97.5 Å². The van der Waals surface area contributed by atoms with E-state index in [-0.39, 0.29) is 31.2 Å². The van der Waals surface area contributed by atoms with Crippen molar-refractivity contribution in [3.05, 3.63) is 73.7 Å². The molecule has 7 nitrogen and oxygen atoms in total. The minimum absolute atomic E-state index is 0.0911. The van der Waals surface area contributed by atoms with Crippen molar-refractivity contribution in [3.8, 4) is 5.75 Å². The molecule has 1 heterocycles.